The molecule has 4 nitrogen and oxygen atoms in total. The Bertz CT molecular complexity index is 434. The molecule has 0 fully saturated rings. The minimum absolute atomic E-state index is 0.108. The lowest BCUT2D eigenvalue weighted by atomic mass is 10.4. The molecule has 1 aromatic rings. The Morgan fingerprint density at radius 1 is 1.71 bits per heavy atom. The lowest BCUT2D eigenvalue weighted by Crippen LogP contribution is -2.25. The van der Waals surface area contributed by atoms with E-state index in [2.05, 4.69) is 16.3 Å². The first-order valence-corrected chi connectivity index (χ1v) is 6.34. The second-order valence-electron chi connectivity index (χ2n) is 3.04. The lowest BCUT2D eigenvalue weighted by molar-refractivity contribution is 0.583. The summed E-state index contributed by atoms with van der Waals surface area (Å²) in [4.78, 5) is 3.90. The van der Waals surface area contributed by atoms with Crippen LogP contribution in [-0.4, -0.2) is 19.9 Å². The van der Waals surface area contributed by atoms with Crippen molar-refractivity contribution in [1.29, 1.82) is 0 Å². The molecule has 14 heavy (non-hydrogen) atoms. The largest absolute Gasteiger partial charge is 0.268 e. The van der Waals surface area contributed by atoms with Crippen molar-refractivity contribution in [3.63, 3.8) is 0 Å². The topological polar surface area (TPSA) is 59.1 Å². The second-order valence-corrected chi connectivity index (χ2v) is 5.84. The molecule has 0 bridgehead atoms. The van der Waals surface area contributed by atoms with Crippen molar-refractivity contribution in [2.45, 2.75) is 18.2 Å². The van der Waals surface area contributed by atoms with Crippen LogP contribution in [0.3, 0.4) is 0 Å². The smallest absolute Gasteiger partial charge is 0.229 e. The standard InChI is InChI=1S/C8H12N2O2S2/c1-6(2)4-9-14(11,12)8-10-7(3)5-13-8/h5,9H,1,4H2,2-3H3. The molecule has 1 N–H and O–H groups in total. The maximum absolute atomic E-state index is 11.5. The molecule has 0 radical (unpaired) electrons. The molecule has 0 amide bonds. The minimum atomic E-state index is -3.44. The van der Waals surface area contributed by atoms with Gasteiger partial charge < -0.3 is 0 Å². The zero-order valence-corrected chi connectivity index (χ0v) is 9.70. The number of aryl methyl sites for hydroxylation is 1. The summed E-state index contributed by atoms with van der Waals surface area (Å²) in [6.07, 6.45) is 0. The molecule has 0 aromatic carbocycles. The monoisotopic (exact) mass is 232 g/mol. The summed E-state index contributed by atoms with van der Waals surface area (Å²) in [6.45, 7) is 7.38. The van der Waals surface area contributed by atoms with E-state index in [1.807, 2.05) is 0 Å². The highest BCUT2D eigenvalue weighted by atomic mass is 32.2. The van der Waals surface area contributed by atoms with Crippen LogP contribution in [0.2, 0.25) is 0 Å². The third-order valence-corrected chi connectivity index (χ3v) is 4.17. The highest BCUT2D eigenvalue weighted by Gasteiger charge is 2.16. The van der Waals surface area contributed by atoms with Crippen LogP contribution in [-0.2, 0) is 10.0 Å². The first-order chi connectivity index (χ1) is 6.42. The zero-order chi connectivity index (χ0) is 10.8. The van der Waals surface area contributed by atoms with E-state index >= 15 is 0 Å². The van der Waals surface area contributed by atoms with Gasteiger partial charge in [0.05, 0.1) is 0 Å². The number of nitrogens with zero attached hydrogens (tertiary/aromatic N) is 1. The van der Waals surface area contributed by atoms with Gasteiger partial charge in [0.2, 0.25) is 4.34 Å². The van der Waals surface area contributed by atoms with Crippen molar-refractivity contribution < 1.29 is 8.42 Å². The van der Waals surface area contributed by atoms with Crippen LogP contribution in [0.15, 0.2) is 21.9 Å². The second kappa shape index (κ2) is 4.20. The molecule has 0 aliphatic carbocycles. The third-order valence-electron chi connectivity index (χ3n) is 1.39. The van der Waals surface area contributed by atoms with Crippen LogP contribution in [0.1, 0.15) is 12.6 Å². The summed E-state index contributed by atoms with van der Waals surface area (Å²) in [7, 11) is -3.44. The highest BCUT2D eigenvalue weighted by Crippen LogP contribution is 2.14. The fourth-order valence-corrected chi connectivity index (χ4v) is 2.91. The van der Waals surface area contributed by atoms with Gasteiger partial charge in [-0.1, -0.05) is 12.2 Å². The average molecular weight is 232 g/mol. The molecule has 0 aliphatic rings. The molecular weight excluding hydrogens is 220 g/mol. The van der Waals surface area contributed by atoms with Crippen LogP contribution < -0.4 is 4.72 Å². The summed E-state index contributed by atoms with van der Waals surface area (Å²) >= 11 is 1.12. The first kappa shape index (κ1) is 11.4. The Labute approximate surface area is 87.7 Å². The fourth-order valence-electron chi connectivity index (χ4n) is 0.736. The molecule has 0 spiro atoms. The predicted molar refractivity (Wildman–Crippen MR) is 56.9 cm³/mol. The molecule has 0 saturated heterocycles. The number of hydrogen-bond donors (Lipinski definition) is 1. The number of aromatic nitrogens is 1. The summed E-state index contributed by atoms with van der Waals surface area (Å²) in [6, 6.07) is 0. The van der Waals surface area contributed by atoms with Crippen LogP contribution in [0, 0.1) is 6.92 Å². The van der Waals surface area contributed by atoms with Crippen LogP contribution in [0.25, 0.3) is 0 Å². The fraction of sp³-hybridized carbons (Fsp3) is 0.375. The van der Waals surface area contributed by atoms with Crippen molar-refractivity contribution >= 4 is 21.4 Å². The Balaban J connectivity index is 2.81. The van der Waals surface area contributed by atoms with Gasteiger partial charge in [-0.05, 0) is 13.8 Å². The van der Waals surface area contributed by atoms with Gasteiger partial charge in [-0.25, -0.2) is 18.1 Å². The number of sulfonamides is 1. The van der Waals surface area contributed by atoms with Crippen LogP contribution in [0.5, 0.6) is 0 Å². The molecule has 1 aromatic heterocycles. The summed E-state index contributed by atoms with van der Waals surface area (Å²) < 4.78 is 25.6. The Hall–Kier alpha value is -0.720. The molecule has 6 heteroatoms. The van der Waals surface area contributed by atoms with Gasteiger partial charge in [-0.3, -0.25) is 0 Å². The van der Waals surface area contributed by atoms with Gasteiger partial charge in [-0.2, -0.15) is 0 Å². The Kier molecular flexibility index (Phi) is 3.41. The van der Waals surface area contributed by atoms with E-state index in [1.165, 1.54) is 0 Å². The van der Waals surface area contributed by atoms with E-state index in [0.717, 1.165) is 16.9 Å². The number of thiazole rings is 1. The van der Waals surface area contributed by atoms with Gasteiger partial charge in [0.15, 0.2) is 0 Å². The van der Waals surface area contributed by atoms with Gasteiger partial charge in [0, 0.05) is 17.6 Å². The van der Waals surface area contributed by atoms with Gasteiger partial charge in [-0.15, -0.1) is 11.3 Å². The van der Waals surface area contributed by atoms with Crippen LogP contribution in [0.4, 0.5) is 0 Å². The van der Waals surface area contributed by atoms with Crippen molar-refractivity contribution in [2.75, 3.05) is 6.54 Å². The molecule has 0 saturated carbocycles. The maximum atomic E-state index is 11.5. The van der Waals surface area contributed by atoms with Crippen molar-refractivity contribution in [3.8, 4) is 0 Å². The summed E-state index contributed by atoms with van der Waals surface area (Å²) in [5.41, 5.74) is 1.48. The molecular formula is C8H12N2O2S2. The van der Waals surface area contributed by atoms with E-state index in [0.29, 0.717) is 5.69 Å². The molecule has 78 valence electrons. The summed E-state index contributed by atoms with van der Waals surface area (Å²) in [5, 5.41) is 1.70. The molecule has 1 rings (SSSR count). The molecule has 1 heterocycles. The van der Waals surface area contributed by atoms with Gasteiger partial charge in [0.1, 0.15) is 0 Å². The zero-order valence-electron chi connectivity index (χ0n) is 8.07. The lowest BCUT2D eigenvalue weighted by Gasteiger charge is -2.02. The maximum Gasteiger partial charge on any atom is 0.268 e. The van der Waals surface area contributed by atoms with E-state index in [4.69, 9.17) is 0 Å². The molecule has 0 atom stereocenters. The van der Waals surface area contributed by atoms with E-state index in [-0.39, 0.29) is 10.9 Å². The first-order valence-electron chi connectivity index (χ1n) is 3.98. The number of rotatable bonds is 4. The average Bonchev–Trinajstić information content (AvgIpc) is 2.49. The van der Waals surface area contributed by atoms with Crippen molar-refractivity contribution in [2.24, 2.45) is 0 Å². The number of hydrogen-bond acceptors (Lipinski definition) is 4. The van der Waals surface area contributed by atoms with E-state index < -0.39 is 10.0 Å². The third kappa shape index (κ3) is 2.90. The van der Waals surface area contributed by atoms with Crippen LogP contribution >= 0.6 is 11.3 Å². The van der Waals surface area contributed by atoms with Crippen molar-refractivity contribution in [1.82, 2.24) is 9.71 Å². The molecule has 0 aliphatic heterocycles. The summed E-state index contributed by atoms with van der Waals surface area (Å²) in [5.74, 6) is 0. The predicted octanol–water partition coefficient (Wildman–Crippen LogP) is 1.31. The normalized spacial score (nSPS) is 11.6. The minimum Gasteiger partial charge on any atom is -0.229 e. The molecule has 0 unspecified atom stereocenters. The van der Waals surface area contributed by atoms with Crippen molar-refractivity contribution in [3.05, 3.63) is 23.2 Å². The number of nitrogens with one attached hydrogen (secondary N) is 1. The van der Waals surface area contributed by atoms with E-state index in [9.17, 15) is 8.42 Å². The van der Waals surface area contributed by atoms with Gasteiger partial charge in [0.25, 0.3) is 10.0 Å². The van der Waals surface area contributed by atoms with E-state index in [1.54, 1.807) is 19.2 Å². The Morgan fingerprint density at radius 3 is 2.79 bits per heavy atom. The Morgan fingerprint density at radius 2 is 2.36 bits per heavy atom. The van der Waals surface area contributed by atoms with Gasteiger partial charge >= 0.3 is 0 Å². The SMILES string of the molecule is C=C(C)CNS(=O)(=O)c1nc(C)cs1. The highest BCUT2D eigenvalue weighted by molar-refractivity contribution is 7.91. The quantitative estimate of drug-likeness (QED) is 0.796.